The Hall–Kier alpha value is -2.18. The Kier molecular flexibility index (Phi) is 4.45. The molecule has 1 saturated heterocycles. The Bertz CT molecular complexity index is 776. The first-order chi connectivity index (χ1) is 11.0. The second kappa shape index (κ2) is 6.52. The van der Waals surface area contributed by atoms with Crippen LogP contribution in [0.15, 0.2) is 65.6 Å². The average Bonchev–Trinajstić information content (AvgIpc) is 2.88. The molecule has 2 aromatic rings. The van der Waals surface area contributed by atoms with Crippen molar-refractivity contribution in [2.45, 2.75) is 23.9 Å². The maximum atomic E-state index is 12.3. The summed E-state index contributed by atoms with van der Waals surface area (Å²) in [6, 6.07) is 17.5. The van der Waals surface area contributed by atoms with E-state index < -0.39 is 16.1 Å². The minimum atomic E-state index is -3.59. The van der Waals surface area contributed by atoms with E-state index in [2.05, 4.69) is 4.72 Å². The van der Waals surface area contributed by atoms with Crippen LogP contribution in [0.3, 0.4) is 0 Å². The van der Waals surface area contributed by atoms with Crippen molar-refractivity contribution in [3.8, 4) is 0 Å². The molecule has 0 aromatic heterocycles. The van der Waals surface area contributed by atoms with Gasteiger partial charge in [0, 0.05) is 25.6 Å². The molecule has 0 saturated carbocycles. The molecule has 120 valence electrons. The summed E-state index contributed by atoms with van der Waals surface area (Å²) >= 11 is 0. The molecule has 0 spiro atoms. The van der Waals surface area contributed by atoms with Gasteiger partial charge in [-0.25, -0.2) is 13.1 Å². The number of sulfonamides is 1. The predicted molar refractivity (Wildman–Crippen MR) is 87.0 cm³/mol. The zero-order valence-electron chi connectivity index (χ0n) is 12.6. The molecule has 1 amide bonds. The highest BCUT2D eigenvalue weighted by Crippen LogP contribution is 2.17. The van der Waals surface area contributed by atoms with Crippen molar-refractivity contribution in [1.82, 2.24) is 9.62 Å². The van der Waals surface area contributed by atoms with Crippen LogP contribution in [-0.4, -0.2) is 31.8 Å². The van der Waals surface area contributed by atoms with Crippen LogP contribution in [0.2, 0.25) is 0 Å². The van der Waals surface area contributed by atoms with Gasteiger partial charge in [-0.1, -0.05) is 48.5 Å². The lowest BCUT2D eigenvalue weighted by atomic mass is 10.2. The average molecular weight is 330 g/mol. The number of nitrogens with one attached hydrogen (secondary N) is 1. The van der Waals surface area contributed by atoms with E-state index >= 15 is 0 Å². The van der Waals surface area contributed by atoms with Gasteiger partial charge in [-0.2, -0.15) is 0 Å². The van der Waals surface area contributed by atoms with E-state index in [0.717, 1.165) is 5.56 Å². The van der Waals surface area contributed by atoms with E-state index in [4.69, 9.17) is 0 Å². The maximum absolute atomic E-state index is 12.3. The molecule has 0 bridgehead atoms. The number of amides is 1. The molecule has 23 heavy (non-hydrogen) atoms. The van der Waals surface area contributed by atoms with Gasteiger partial charge in [0.2, 0.25) is 15.9 Å². The Labute approximate surface area is 136 Å². The molecule has 1 fully saturated rings. The van der Waals surface area contributed by atoms with Crippen molar-refractivity contribution in [2.24, 2.45) is 0 Å². The van der Waals surface area contributed by atoms with Crippen molar-refractivity contribution >= 4 is 15.9 Å². The number of carbonyl (C=O) groups excluding carboxylic acids is 1. The first-order valence-corrected chi connectivity index (χ1v) is 8.92. The highest BCUT2D eigenvalue weighted by atomic mass is 32.2. The van der Waals surface area contributed by atoms with Crippen LogP contribution in [-0.2, 0) is 21.4 Å². The lowest BCUT2D eigenvalue weighted by Gasteiger charge is -2.17. The van der Waals surface area contributed by atoms with Crippen LogP contribution in [0.25, 0.3) is 0 Å². The van der Waals surface area contributed by atoms with Crippen LogP contribution >= 0.6 is 0 Å². The van der Waals surface area contributed by atoms with E-state index in [-0.39, 0.29) is 17.2 Å². The molecule has 1 heterocycles. The fourth-order valence-corrected chi connectivity index (χ4v) is 3.94. The topological polar surface area (TPSA) is 66.5 Å². The van der Waals surface area contributed by atoms with Crippen molar-refractivity contribution in [3.63, 3.8) is 0 Å². The highest BCUT2D eigenvalue weighted by molar-refractivity contribution is 7.89. The minimum Gasteiger partial charge on any atom is -0.337 e. The molecule has 3 rings (SSSR count). The molecular formula is C17H18N2O3S. The third-order valence-electron chi connectivity index (χ3n) is 3.81. The van der Waals surface area contributed by atoms with Crippen LogP contribution in [0.4, 0.5) is 0 Å². The molecule has 1 N–H and O–H groups in total. The molecule has 0 aliphatic carbocycles. The largest absolute Gasteiger partial charge is 0.337 e. The fourth-order valence-electron chi connectivity index (χ4n) is 2.69. The number of hydrogen-bond donors (Lipinski definition) is 1. The Balaban J connectivity index is 1.66. The third kappa shape index (κ3) is 3.78. The molecule has 1 atom stereocenters. The van der Waals surface area contributed by atoms with E-state index in [1.54, 1.807) is 35.2 Å². The molecule has 1 unspecified atom stereocenters. The van der Waals surface area contributed by atoms with Crippen molar-refractivity contribution in [2.75, 3.05) is 6.54 Å². The van der Waals surface area contributed by atoms with E-state index in [1.807, 2.05) is 30.3 Å². The van der Waals surface area contributed by atoms with Gasteiger partial charge in [0.25, 0.3) is 0 Å². The van der Waals surface area contributed by atoms with Gasteiger partial charge in [0.1, 0.15) is 0 Å². The monoisotopic (exact) mass is 330 g/mol. The Morgan fingerprint density at radius 3 is 2.26 bits per heavy atom. The predicted octanol–water partition coefficient (Wildman–Crippen LogP) is 1.77. The molecular weight excluding hydrogens is 312 g/mol. The van der Waals surface area contributed by atoms with E-state index in [1.165, 1.54) is 0 Å². The van der Waals surface area contributed by atoms with Gasteiger partial charge in [-0.15, -0.1) is 0 Å². The summed E-state index contributed by atoms with van der Waals surface area (Å²) in [6.45, 7) is 0.892. The highest BCUT2D eigenvalue weighted by Gasteiger charge is 2.32. The minimum absolute atomic E-state index is 0.0328. The molecule has 6 heteroatoms. The number of rotatable bonds is 5. The first kappa shape index (κ1) is 15.7. The molecule has 1 aliphatic rings. The van der Waals surface area contributed by atoms with Gasteiger partial charge < -0.3 is 4.90 Å². The third-order valence-corrected chi connectivity index (χ3v) is 5.34. The molecule has 2 aromatic carbocycles. The lowest BCUT2D eigenvalue weighted by molar-refractivity contribution is -0.128. The van der Waals surface area contributed by atoms with E-state index in [9.17, 15) is 13.2 Å². The summed E-state index contributed by atoms with van der Waals surface area (Å²) in [7, 11) is -3.59. The van der Waals surface area contributed by atoms with Gasteiger partial charge in [0.05, 0.1) is 4.90 Å². The maximum Gasteiger partial charge on any atom is 0.240 e. The molecule has 5 nitrogen and oxygen atoms in total. The van der Waals surface area contributed by atoms with Crippen molar-refractivity contribution in [1.29, 1.82) is 0 Å². The summed E-state index contributed by atoms with van der Waals surface area (Å²) in [5, 5.41) is 0. The van der Waals surface area contributed by atoms with E-state index in [0.29, 0.717) is 13.1 Å². The zero-order valence-corrected chi connectivity index (χ0v) is 13.4. The number of carbonyl (C=O) groups is 1. The summed E-state index contributed by atoms with van der Waals surface area (Å²) < 4.78 is 27.3. The number of nitrogens with zero attached hydrogens (tertiary/aromatic N) is 1. The van der Waals surface area contributed by atoms with Crippen molar-refractivity contribution < 1.29 is 13.2 Å². The van der Waals surface area contributed by atoms with Crippen molar-refractivity contribution in [3.05, 3.63) is 66.2 Å². The summed E-state index contributed by atoms with van der Waals surface area (Å²) in [4.78, 5) is 14.0. The standard InChI is InChI=1S/C17H18N2O3S/c20-17-11-15(13-19(17)12-14-7-3-1-4-8-14)18-23(21,22)16-9-5-2-6-10-16/h1-10,15,18H,11-13H2. The second-order valence-corrected chi connectivity index (χ2v) is 7.31. The Morgan fingerprint density at radius 2 is 1.61 bits per heavy atom. The number of hydrogen-bond acceptors (Lipinski definition) is 3. The lowest BCUT2D eigenvalue weighted by Crippen LogP contribution is -2.36. The van der Waals surface area contributed by atoms with Crippen LogP contribution in [0.5, 0.6) is 0 Å². The summed E-state index contributed by atoms with van der Waals surface area (Å²) in [5.41, 5.74) is 1.03. The smallest absolute Gasteiger partial charge is 0.240 e. The molecule has 0 radical (unpaired) electrons. The van der Waals surface area contributed by atoms with Crippen LogP contribution in [0.1, 0.15) is 12.0 Å². The normalized spacial score (nSPS) is 18.3. The first-order valence-electron chi connectivity index (χ1n) is 7.44. The second-order valence-electron chi connectivity index (χ2n) is 5.60. The summed E-state index contributed by atoms with van der Waals surface area (Å²) in [6.07, 6.45) is 0.193. The SMILES string of the molecule is O=C1CC(NS(=O)(=O)c2ccccc2)CN1Cc1ccccc1. The quantitative estimate of drug-likeness (QED) is 0.908. The number of likely N-dealkylation sites (tertiary alicyclic amines) is 1. The van der Waals surface area contributed by atoms with Gasteiger partial charge >= 0.3 is 0 Å². The molecule has 1 aliphatic heterocycles. The van der Waals surface area contributed by atoms with Gasteiger partial charge in [0.15, 0.2) is 0 Å². The zero-order chi connectivity index (χ0) is 16.3. The van der Waals surface area contributed by atoms with Crippen LogP contribution < -0.4 is 4.72 Å². The fraction of sp³-hybridized carbons (Fsp3) is 0.235. The Morgan fingerprint density at radius 1 is 1.00 bits per heavy atom. The summed E-state index contributed by atoms with van der Waals surface area (Å²) in [5.74, 6) is -0.0328. The number of benzene rings is 2. The van der Waals surface area contributed by atoms with Gasteiger partial charge in [-0.3, -0.25) is 4.79 Å². The van der Waals surface area contributed by atoms with Crippen LogP contribution in [0, 0.1) is 0 Å². The van der Waals surface area contributed by atoms with Gasteiger partial charge in [-0.05, 0) is 17.7 Å².